The van der Waals surface area contributed by atoms with Crippen molar-refractivity contribution >= 4 is 17.5 Å². The molecule has 0 spiro atoms. The van der Waals surface area contributed by atoms with E-state index in [1.54, 1.807) is 0 Å². The molecule has 1 aromatic carbocycles. The Hall–Kier alpha value is -1.88. The van der Waals surface area contributed by atoms with Crippen LogP contribution in [0.1, 0.15) is 28.7 Å². The van der Waals surface area contributed by atoms with Gasteiger partial charge in [-0.05, 0) is 44.0 Å². The highest BCUT2D eigenvalue weighted by Gasteiger charge is 2.14. The molecule has 2 aromatic rings. The van der Waals surface area contributed by atoms with Gasteiger partial charge in [-0.15, -0.1) is 0 Å². The Morgan fingerprint density at radius 3 is 2.77 bits per heavy atom. The summed E-state index contributed by atoms with van der Waals surface area (Å²) >= 11 is 5.79. The van der Waals surface area contributed by atoms with E-state index in [2.05, 4.69) is 10.4 Å². The average molecular weight is 324 g/mol. The maximum atomic E-state index is 13.6. The van der Waals surface area contributed by atoms with Crippen LogP contribution in [0.5, 0.6) is 0 Å². The van der Waals surface area contributed by atoms with Gasteiger partial charge < -0.3 is 5.32 Å². The quantitative estimate of drug-likeness (QED) is 0.917. The monoisotopic (exact) mass is 323 g/mol. The normalized spacial score (nSPS) is 12.2. The molecule has 22 heavy (non-hydrogen) atoms. The van der Waals surface area contributed by atoms with E-state index in [4.69, 9.17) is 11.6 Å². The number of hydrogen-bond donors (Lipinski definition) is 1. The number of aryl methyl sites for hydroxylation is 2. The third-order valence-electron chi connectivity index (χ3n) is 3.37. The molecule has 0 saturated heterocycles. The first-order chi connectivity index (χ1) is 10.4. The van der Waals surface area contributed by atoms with Crippen LogP contribution in [0, 0.1) is 25.6 Å². The second-order valence-corrected chi connectivity index (χ2v) is 5.99. The van der Waals surface area contributed by atoms with Gasteiger partial charge in [0.1, 0.15) is 5.82 Å². The molecule has 0 bridgehead atoms. The van der Waals surface area contributed by atoms with Gasteiger partial charge in [0.05, 0.1) is 11.3 Å². The van der Waals surface area contributed by atoms with Gasteiger partial charge >= 0.3 is 0 Å². The molecule has 1 heterocycles. The SMILES string of the molecule is Cc1cc(C)n(C[C@@H](C)CNC(=O)c2cc(Cl)ccc2F)n1. The number of nitrogens with zero attached hydrogens (tertiary/aromatic N) is 2. The molecule has 1 aromatic heterocycles. The minimum Gasteiger partial charge on any atom is -0.352 e. The van der Waals surface area contributed by atoms with E-state index >= 15 is 0 Å². The molecule has 1 amide bonds. The minimum atomic E-state index is -0.576. The van der Waals surface area contributed by atoms with Crippen molar-refractivity contribution in [1.82, 2.24) is 15.1 Å². The zero-order chi connectivity index (χ0) is 16.3. The molecule has 4 nitrogen and oxygen atoms in total. The third kappa shape index (κ3) is 4.07. The molecule has 118 valence electrons. The van der Waals surface area contributed by atoms with E-state index < -0.39 is 11.7 Å². The Morgan fingerprint density at radius 1 is 1.41 bits per heavy atom. The largest absolute Gasteiger partial charge is 0.352 e. The van der Waals surface area contributed by atoms with E-state index in [0.717, 1.165) is 11.4 Å². The lowest BCUT2D eigenvalue weighted by Crippen LogP contribution is -2.30. The maximum Gasteiger partial charge on any atom is 0.254 e. The molecule has 0 unspecified atom stereocenters. The van der Waals surface area contributed by atoms with E-state index in [1.807, 2.05) is 31.5 Å². The molecule has 0 radical (unpaired) electrons. The van der Waals surface area contributed by atoms with Gasteiger partial charge in [0.2, 0.25) is 0 Å². The first kappa shape index (κ1) is 16.5. The summed E-state index contributed by atoms with van der Waals surface area (Å²) in [6.07, 6.45) is 0. The summed E-state index contributed by atoms with van der Waals surface area (Å²) < 4.78 is 15.5. The number of amides is 1. The molecule has 0 aliphatic carbocycles. The highest BCUT2D eigenvalue weighted by molar-refractivity contribution is 6.30. The van der Waals surface area contributed by atoms with Crippen molar-refractivity contribution in [3.05, 3.63) is 52.1 Å². The summed E-state index contributed by atoms with van der Waals surface area (Å²) in [5.41, 5.74) is 2.01. The minimum absolute atomic E-state index is 0.0363. The molecule has 1 N–H and O–H groups in total. The van der Waals surface area contributed by atoms with Gasteiger partial charge in [-0.25, -0.2) is 4.39 Å². The molecular weight excluding hydrogens is 305 g/mol. The predicted octanol–water partition coefficient (Wildman–Crippen LogP) is 3.36. The fraction of sp³-hybridized carbons (Fsp3) is 0.375. The number of halogens is 2. The molecule has 2 rings (SSSR count). The Balaban J connectivity index is 1.93. The van der Waals surface area contributed by atoms with Crippen LogP contribution in [-0.2, 0) is 6.54 Å². The van der Waals surface area contributed by atoms with E-state index in [9.17, 15) is 9.18 Å². The van der Waals surface area contributed by atoms with Crippen molar-refractivity contribution in [2.45, 2.75) is 27.3 Å². The molecule has 1 atom stereocenters. The fourth-order valence-corrected chi connectivity index (χ4v) is 2.43. The lowest BCUT2D eigenvalue weighted by molar-refractivity contribution is 0.0942. The Labute approximate surface area is 134 Å². The predicted molar refractivity (Wildman–Crippen MR) is 84.6 cm³/mol. The summed E-state index contributed by atoms with van der Waals surface area (Å²) in [7, 11) is 0. The van der Waals surface area contributed by atoms with Gasteiger partial charge in [0.25, 0.3) is 5.91 Å². The Morgan fingerprint density at radius 2 is 2.14 bits per heavy atom. The molecule has 0 saturated carbocycles. The summed E-state index contributed by atoms with van der Waals surface area (Å²) in [6.45, 7) is 7.07. The Kier molecular flexibility index (Phi) is 5.19. The average Bonchev–Trinajstić information content (AvgIpc) is 2.77. The zero-order valence-electron chi connectivity index (χ0n) is 12.9. The molecule has 0 aliphatic heterocycles. The van der Waals surface area contributed by atoms with Crippen LogP contribution in [0.4, 0.5) is 4.39 Å². The van der Waals surface area contributed by atoms with Gasteiger partial charge in [-0.3, -0.25) is 9.48 Å². The van der Waals surface area contributed by atoms with Crippen molar-refractivity contribution in [3.8, 4) is 0 Å². The van der Waals surface area contributed by atoms with Crippen molar-refractivity contribution in [2.24, 2.45) is 5.92 Å². The van der Waals surface area contributed by atoms with Crippen LogP contribution in [0.25, 0.3) is 0 Å². The highest BCUT2D eigenvalue weighted by atomic mass is 35.5. The third-order valence-corrected chi connectivity index (χ3v) is 3.61. The maximum absolute atomic E-state index is 13.6. The summed E-state index contributed by atoms with van der Waals surface area (Å²) in [5.74, 6) is -0.863. The van der Waals surface area contributed by atoms with Gasteiger partial charge in [-0.1, -0.05) is 18.5 Å². The van der Waals surface area contributed by atoms with E-state index in [-0.39, 0.29) is 11.5 Å². The smallest absolute Gasteiger partial charge is 0.254 e. The van der Waals surface area contributed by atoms with Crippen LogP contribution in [0.15, 0.2) is 24.3 Å². The molecule has 0 fully saturated rings. The zero-order valence-corrected chi connectivity index (χ0v) is 13.6. The molecule has 0 aliphatic rings. The summed E-state index contributed by atoms with van der Waals surface area (Å²) in [5, 5.41) is 7.46. The van der Waals surface area contributed by atoms with Gasteiger partial charge in [0, 0.05) is 23.8 Å². The van der Waals surface area contributed by atoms with Crippen molar-refractivity contribution in [1.29, 1.82) is 0 Å². The summed E-state index contributed by atoms with van der Waals surface area (Å²) in [4.78, 5) is 12.0. The van der Waals surface area contributed by atoms with Crippen molar-refractivity contribution < 1.29 is 9.18 Å². The van der Waals surface area contributed by atoms with Crippen LogP contribution < -0.4 is 5.32 Å². The first-order valence-corrected chi connectivity index (χ1v) is 7.49. The van der Waals surface area contributed by atoms with Gasteiger partial charge in [-0.2, -0.15) is 5.10 Å². The lowest BCUT2D eigenvalue weighted by atomic mass is 10.1. The molecule has 6 heteroatoms. The number of carbonyl (C=O) groups is 1. The van der Waals surface area contributed by atoms with E-state index in [0.29, 0.717) is 18.1 Å². The van der Waals surface area contributed by atoms with Crippen LogP contribution >= 0.6 is 11.6 Å². The summed E-state index contributed by atoms with van der Waals surface area (Å²) in [6, 6.07) is 5.94. The standard InChI is InChI=1S/C16H19ClFN3O/c1-10(9-21-12(3)6-11(2)20-21)8-19-16(22)14-7-13(17)4-5-15(14)18/h4-7,10H,8-9H2,1-3H3,(H,19,22)/t10-/m0/s1. The topological polar surface area (TPSA) is 46.9 Å². The van der Waals surface area contributed by atoms with Crippen LogP contribution in [0.3, 0.4) is 0 Å². The number of nitrogens with one attached hydrogen (secondary N) is 1. The number of benzene rings is 1. The van der Waals surface area contributed by atoms with Crippen LogP contribution in [0.2, 0.25) is 5.02 Å². The number of rotatable bonds is 5. The van der Waals surface area contributed by atoms with E-state index in [1.165, 1.54) is 18.2 Å². The number of aromatic nitrogens is 2. The van der Waals surface area contributed by atoms with Crippen molar-refractivity contribution in [3.63, 3.8) is 0 Å². The second-order valence-electron chi connectivity index (χ2n) is 5.55. The first-order valence-electron chi connectivity index (χ1n) is 7.11. The lowest BCUT2D eigenvalue weighted by Gasteiger charge is -2.14. The van der Waals surface area contributed by atoms with Crippen molar-refractivity contribution in [2.75, 3.05) is 6.54 Å². The van der Waals surface area contributed by atoms with Gasteiger partial charge in [0.15, 0.2) is 0 Å². The Bertz CT molecular complexity index is 684. The number of hydrogen-bond acceptors (Lipinski definition) is 2. The highest BCUT2D eigenvalue weighted by Crippen LogP contribution is 2.15. The number of carbonyl (C=O) groups excluding carboxylic acids is 1. The fourth-order valence-electron chi connectivity index (χ4n) is 2.25. The van der Waals surface area contributed by atoms with Crippen LogP contribution in [-0.4, -0.2) is 22.2 Å². The second kappa shape index (κ2) is 6.92. The molecular formula is C16H19ClFN3O.